The third-order valence-corrected chi connectivity index (χ3v) is 5.05. The van der Waals surface area contributed by atoms with Crippen LogP contribution in [0, 0.1) is 6.92 Å². The van der Waals surface area contributed by atoms with Gasteiger partial charge >= 0.3 is 0 Å². The summed E-state index contributed by atoms with van der Waals surface area (Å²) in [6, 6.07) is 15.6. The van der Waals surface area contributed by atoms with E-state index in [1.54, 1.807) is 0 Å². The van der Waals surface area contributed by atoms with Crippen LogP contribution in [-0.2, 0) is 10.2 Å². The Morgan fingerprint density at radius 3 is 2.43 bits per heavy atom. The zero-order valence-corrected chi connectivity index (χ0v) is 14.0. The Bertz CT molecular complexity index is 737. The Hall–Kier alpha value is -1.84. The molecule has 120 valence electrons. The first-order valence-electron chi connectivity index (χ1n) is 7.84. The van der Waals surface area contributed by atoms with Crippen LogP contribution in [0.3, 0.4) is 0 Å². The molecular weight excluding hydrogens is 308 g/mol. The number of carbonyl (C=O) groups is 1. The second-order valence-electron chi connectivity index (χ2n) is 6.61. The molecule has 1 aliphatic heterocycles. The van der Waals surface area contributed by atoms with Crippen LogP contribution in [0.25, 0.3) is 0 Å². The first-order valence-corrected chi connectivity index (χ1v) is 7.84. The highest BCUT2D eigenvalue weighted by Crippen LogP contribution is 2.56. The number of carbonyl (C=O) groups excluding carboxylic acids is 1. The van der Waals surface area contributed by atoms with E-state index in [1.165, 1.54) is 24.0 Å². The maximum absolute atomic E-state index is 12.9. The van der Waals surface area contributed by atoms with Crippen molar-refractivity contribution in [2.24, 2.45) is 5.73 Å². The van der Waals surface area contributed by atoms with E-state index in [0.717, 1.165) is 17.8 Å². The lowest BCUT2D eigenvalue weighted by atomic mass is 9.99. The summed E-state index contributed by atoms with van der Waals surface area (Å²) in [4.78, 5) is 14.8. The van der Waals surface area contributed by atoms with E-state index in [9.17, 15) is 4.79 Å². The van der Waals surface area contributed by atoms with Gasteiger partial charge in [-0.15, -0.1) is 12.4 Å². The van der Waals surface area contributed by atoms with Gasteiger partial charge < -0.3 is 10.6 Å². The van der Waals surface area contributed by atoms with E-state index in [1.807, 2.05) is 48.2 Å². The Balaban J connectivity index is 0.00000156. The smallest absolute Gasteiger partial charge is 0.248 e. The number of nitrogens with two attached hydrogens (primary N) is 1. The van der Waals surface area contributed by atoms with Gasteiger partial charge in [0.25, 0.3) is 0 Å². The largest absolute Gasteiger partial charge is 0.316 e. The SMILES string of the molecule is Cc1ccc(C(N)C(=O)N2CC3(CC3)c3ccccc32)cc1.Cl. The van der Waals surface area contributed by atoms with Gasteiger partial charge in [-0.1, -0.05) is 48.0 Å². The zero-order chi connectivity index (χ0) is 15.3. The predicted octanol–water partition coefficient (Wildman–Crippen LogP) is 3.50. The van der Waals surface area contributed by atoms with Crippen LogP contribution in [0.15, 0.2) is 48.5 Å². The third kappa shape index (κ3) is 2.54. The molecule has 1 atom stereocenters. The number of nitrogens with zero attached hydrogens (tertiary/aromatic N) is 1. The fourth-order valence-corrected chi connectivity index (χ4v) is 3.49. The van der Waals surface area contributed by atoms with Crippen molar-refractivity contribution in [1.82, 2.24) is 0 Å². The van der Waals surface area contributed by atoms with Gasteiger partial charge in [-0.3, -0.25) is 4.79 Å². The van der Waals surface area contributed by atoms with E-state index >= 15 is 0 Å². The summed E-state index contributed by atoms with van der Waals surface area (Å²) in [5, 5.41) is 0. The highest BCUT2D eigenvalue weighted by atomic mass is 35.5. The van der Waals surface area contributed by atoms with Crippen molar-refractivity contribution in [2.75, 3.05) is 11.4 Å². The number of amides is 1. The fourth-order valence-electron chi connectivity index (χ4n) is 3.49. The van der Waals surface area contributed by atoms with Crippen molar-refractivity contribution in [1.29, 1.82) is 0 Å². The van der Waals surface area contributed by atoms with Crippen LogP contribution < -0.4 is 10.6 Å². The molecule has 0 radical (unpaired) electrons. The molecule has 1 fully saturated rings. The molecule has 1 aliphatic carbocycles. The molecule has 2 aliphatic rings. The Kier molecular flexibility index (Phi) is 3.95. The summed E-state index contributed by atoms with van der Waals surface area (Å²) in [5.74, 6) is 0.0000723. The van der Waals surface area contributed by atoms with Crippen LogP contribution in [0.2, 0.25) is 0 Å². The average molecular weight is 329 g/mol. The second kappa shape index (κ2) is 5.66. The molecule has 1 heterocycles. The maximum atomic E-state index is 12.9. The van der Waals surface area contributed by atoms with Crippen molar-refractivity contribution in [3.05, 3.63) is 65.2 Å². The maximum Gasteiger partial charge on any atom is 0.248 e. The molecule has 3 nitrogen and oxygen atoms in total. The third-order valence-electron chi connectivity index (χ3n) is 5.05. The van der Waals surface area contributed by atoms with Crippen molar-refractivity contribution < 1.29 is 4.79 Å². The lowest BCUT2D eigenvalue weighted by Crippen LogP contribution is -2.38. The molecule has 2 aromatic carbocycles. The number of aryl methyl sites for hydroxylation is 1. The Labute approximate surface area is 142 Å². The van der Waals surface area contributed by atoms with E-state index < -0.39 is 6.04 Å². The summed E-state index contributed by atoms with van der Waals surface area (Å²) in [6.45, 7) is 2.81. The van der Waals surface area contributed by atoms with Crippen LogP contribution in [-0.4, -0.2) is 12.5 Å². The Morgan fingerprint density at radius 2 is 1.78 bits per heavy atom. The molecule has 23 heavy (non-hydrogen) atoms. The predicted molar refractivity (Wildman–Crippen MR) is 95.1 cm³/mol. The van der Waals surface area contributed by atoms with Crippen molar-refractivity contribution in [3.63, 3.8) is 0 Å². The average Bonchev–Trinajstić information content (AvgIpc) is 3.25. The number of benzene rings is 2. The molecule has 4 rings (SSSR count). The molecule has 0 saturated heterocycles. The monoisotopic (exact) mass is 328 g/mol. The number of halogens is 1. The summed E-state index contributed by atoms with van der Waals surface area (Å²) in [6.07, 6.45) is 2.35. The zero-order valence-electron chi connectivity index (χ0n) is 13.2. The minimum atomic E-state index is -0.595. The lowest BCUT2D eigenvalue weighted by Gasteiger charge is -2.22. The van der Waals surface area contributed by atoms with Gasteiger partial charge in [0, 0.05) is 17.6 Å². The number of fused-ring (bicyclic) bond motifs is 2. The van der Waals surface area contributed by atoms with E-state index in [4.69, 9.17) is 5.73 Å². The van der Waals surface area contributed by atoms with Gasteiger partial charge in [0.05, 0.1) is 0 Å². The van der Waals surface area contributed by atoms with Gasteiger partial charge in [0.15, 0.2) is 0 Å². The summed E-state index contributed by atoms with van der Waals surface area (Å²) < 4.78 is 0. The van der Waals surface area contributed by atoms with Crippen molar-refractivity contribution >= 4 is 24.0 Å². The van der Waals surface area contributed by atoms with E-state index in [2.05, 4.69) is 12.1 Å². The first-order chi connectivity index (χ1) is 10.6. The van der Waals surface area contributed by atoms with Crippen molar-refractivity contribution in [2.45, 2.75) is 31.2 Å². The molecule has 1 spiro atoms. The quantitative estimate of drug-likeness (QED) is 0.917. The van der Waals surface area contributed by atoms with Crippen LogP contribution in [0.1, 0.15) is 35.6 Å². The molecule has 1 unspecified atom stereocenters. The van der Waals surface area contributed by atoms with Gasteiger partial charge in [0.2, 0.25) is 5.91 Å². The fraction of sp³-hybridized carbons (Fsp3) is 0.316. The highest BCUT2D eigenvalue weighted by molar-refractivity contribution is 6.00. The molecule has 1 saturated carbocycles. The molecule has 0 aromatic heterocycles. The van der Waals surface area contributed by atoms with Gasteiger partial charge in [0.1, 0.15) is 6.04 Å². The lowest BCUT2D eigenvalue weighted by molar-refractivity contribution is -0.119. The van der Waals surface area contributed by atoms with Crippen LogP contribution >= 0.6 is 12.4 Å². The molecular formula is C19H21ClN2O. The van der Waals surface area contributed by atoms with E-state index in [-0.39, 0.29) is 23.7 Å². The molecule has 4 heteroatoms. The molecule has 2 aromatic rings. The minimum Gasteiger partial charge on any atom is -0.316 e. The topological polar surface area (TPSA) is 46.3 Å². The number of hydrogen-bond donors (Lipinski definition) is 1. The molecule has 2 N–H and O–H groups in total. The number of para-hydroxylation sites is 1. The van der Waals surface area contributed by atoms with Gasteiger partial charge in [-0.05, 0) is 37.0 Å². The van der Waals surface area contributed by atoms with Gasteiger partial charge in [-0.2, -0.15) is 0 Å². The number of hydrogen-bond acceptors (Lipinski definition) is 2. The number of anilines is 1. The summed E-state index contributed by atoms with van der Waals surface area (Å²) in [7, 11) is 0. The van der Waals surface area contributed by atoms with Gasteiger partial charge in [-0.25, -0.2) is 0 Å². The summed E-state index contributed by atoms with van der Waals surface area (Å²) in [5.41, 5.74) is 10.9. The van der Waals surface area contributed by atoms with E-state index in [0.29, 0.717) is 0 Å². The second-order valence-corrected chi connectivity index (χ2v) is 6.61. The molecule has 1 amide bonds. The highest BCUT2D eigenvalue weighted by Gasteiger charge is 2.53. The Morgan fingerprint density at radius 1 is 1.13 bits per heavy atom. The minimum absolute atomic E-state index is 0. The normalized spacial score (nSPS) is 18.3. The van der Waals surface area contributed by atoms with Crippen molar-refractivity contribution in [3.8, 4) is 0 Å². The van der Waals surface area contributed by atoms with Crippen LogP contribution in [0.4, 0.5) is 5.69 Å². The van der Waals surface area contributed by atoms with Crippen LogP contribution in [0.5, 0.6) is 0 Å². The standard InChI is InChI=1S/C19H20N2O.ClH/c1-13-6-8-14(9-7-13)17(20)18(22)21-12-19(10-11-19)15-4-2-3-5-16(15)21;/h2-9,17H,10-12,20H2,1H3;1H. The molecule has 0 bridgehead atoms. The summed E-state index contributed by atoms with van der Waals surface area (Å²) >= 11 is 0. The first kappa shape index (κ1) is 16.0. The number of rotatable bonds is 2.